The van der Waals surface area contributed by atoms with Crippen LogP contribution in [0.5, 0.6) is 0 Å². The largest absolute Gasteiger partial charge is 0.332 e. The predicted octanol–water partition coefficient (Wildman–Crippen LogP) is 6.11. The van der Waals surface area contributed by atoms with Crippen LogP contribution in [-0.4, -0.2) is 16.6 Å². The highest BCUT2D eigenvalue weighted by Crippen LogP contribution is 2.32. The smallest absolute Gasteiger partial charge is 0.0984 e. The monoisotopic (exact) mass is 376 g/mol. The highest BCUT2D eigenvalue weighted by atomic mass is 32.2. The maximum absolute atomic E-state index is 4.47. The minimum absolute atomic E-state index is 0.282. The molecule has 26 heavy (non-hydrogen) atoms. The molecule has 2 heterocycles. The first-order valence-corrected chi connectivity index (χ1v) is 10.8. The molecule has 0 spiro atoms. The Labute approximate surface area is 163 Å². The zero-order valence-electron chi connectivity index (χ0n) is 14.6. The first kappa shape index (κ1) is 17.3. The van der Waals surface area contributed by atoms with Crippen LogP contribution in [0, 0.1) is 0 Å². The van der Waals surface area contributed by atoms with Crippen LogP contribution in [0.3, 0.4) is 0 Å². The van der Waals surface area contributed by atoms with Crippen LogP contribution in [0.1, 0.15) is 5.56 Å². The van der Waals surface area contributed by atoms with Crippen molar-refractivity contribution in [2.24, 2.45) is 0 Å². The summed E-state index contributed by atoms with van der Waals surface area (Å²) >= 11 is 3.71. The van der Waals surface area contributed by atoms with Crippen molar-refractivity contribution in [3.63, 3.8) is 0 Å². The lowest BCUT2D eigenvalue weighted by Crippen LogP contribution is -2.27. The van der Waals surface area contributed by atoms with Crippen LogP contribution in [0.25, 0.3) is 10.9 Å². The lowest BCUT2D eigenvalue weighted by molar-refractivity contribution is 1.01. The van der Waals surface area contributed by atoms with Gasteiger partial charge in [-0.15, -0.1) is 23.5 Å². The van der Waals surface area contributed by atoms with Gasteiger partial charge in [0, 0.05) is 34.1 Å². The van der Waals surface area contributed by atoms with E-state index in [1.54, 1.807) is 11.8 Å². The fourth-order valence-electron chi connectivity index (χ4n) is 3.08. The number of nitrogens with zero attached hydrogens (tertiary/aromatic N) is 2. The van der Waals surface area contributed by atoms with Crippen molar-refractivity contribution in [2.45, 2.75) is 16.0 Å². The van der Waals surface area contributed by atoms with E-state index >= 15 is 0 Å². The minimum Gasteiger partial charge on any atom is -0.332 e. The molecule has 130 valence electrons. The van der Waals surface area contributed by atoms with Crippen molar-refractivity contribution >= 4 is 40.1 Å². The number of hydrogen-bond donors (Lipinski definition) is 0. The Bertz CT molecular complexity index is 960. The van der Waals surface area contributed by atoms with Gasteiger partial charge in [0.05, 0.1) is 10.9 Å². The third-order valence-electron chi connectivity index (χ3n) is 4.41. The molecule has 3 aromatic rings. The van der Waals surface area contributed by atoms with E-state index in [0.717, 1.165) is 11.3 Å². The van der Waals surface area contributed by atoms with Crippen LogP contribution >= 0.6 is 23.5 Å². The molecule has 0 aliphatic carbocycles. The number of benzene rings is 2. The van der Waals surface area contributed by atoms with Crippen LogP contribution in [0.2, 0.25) is 0 Å². The molecule has 4 rings (SSSR count). The summed E-state index contributed by atoms with van der Waals surface area (Å²) in [5.74, 6) is 0.949. The van der Waals surface area contributed by atoms with E-state index in [4.69, 9.17) is 0 Å². The van der Waals surface area contributed by atoms with E-state index in [1.807, 2.05) is 24.0 Å². The Balaban J connectivity index is 1.56. The summed E-state index contributed by atoms with van der Waals surface area (Å²) in [7, 11) is 0. The summed E-state index contributed by atoms with van der Waals surface area (Å²) in [6.07, 6.45) is 12.7. The number of anilines is 1. The summed E-state index contributed by atoms with van der Waals surface area (Å²) in [4.78, 5) is 8.10. The molecule has 4 heteroatoms. The molecule has 0 amide bonds. The van der Waals surface area contributed by atoms with Gasteiger partial charge in [0.1, 0.15) is 0 Å². The van der Waals surface area contributed by atoms with Gasteiger partial charge >= 0.3 is 0 Å². The van der Waals surface area contributed by atoms with Crippen LogP contribution in [-0.2, 0) is 5.75 Å². The number of fused-ring (bicyclic) bond motifs is 1. The highest BCUT2D eigenvalue weighted by molar-refractivity contribution is 7.99. The second-order valence-electron chi connectivity index (χ2n) is 6.02. The first-order valence-electron chi connectivity index (χ1n) is 8.57. The van der Waals surface area contributed by atoms with Crippen molar-refractivity contribution in [3.05, 3.63) is 90.8 Å². The van der Waals surface area contributed by atoms with E-state index in [1.165, 1.54) is 21.5 Å². The maximum atomic E-state index is 4.47. The van der Waals surface area contributed by atoms with E-state index in [2.05, 4.69) is 89.1 Å². The fraction of sp³-hybridized carbons (Fsp3) is 0.136. The summed E-state index contributed by atoms with van der Waals surface area (Å²) < 4.78 is 0. The highest BCUT2D eigenvalue weighted by Gasteiger charge is 2.17. The quantitative estimate of drug-likeness (QED) is 0.499. The molecule has 0 saturated carbocycles. The number of pyridine rings is 1. The van der Waals surface area contributed by atoms with E-state index in [-0.39, 0.29) is 5.37 Å². The molecule has 0 bridgehead atoms. The van der Waals surface area contributed by atoms with Gasteiger partial charge in [-0.05, 0) is 48.2 Å². The van der Waals surface area contributed by atoms with Crippen molar-refractivity contribution < 1.29 is 0 Å². The second kappa shape index (κ2) is 8.02. The number of aromatic nitrogens is 1. The van der Waals surface area contributed by atoms with Crippen molar-refractivity contribution in [1.82, 2.24) is 4.98 Å². The average Bonchev–Trinajstić information content (AvgIpc) is 2.72. The Morgan fingerprint density at radius 3 is 2.88 bits per heavy atom. The lowest BCUT2D eigenvalue weighted by Gasteiger charge is -2.30. The average molecular weight is 377 g/mol. The van der Waals surface area contributed by atoms with Crippen molar-refractivity contribution in [1.29, 1.82) is 0 Å². The Hall–Kier alpha value is -2.17. The number of rotatable bonds is 5. The van der Waals surface area contributed by atoms with Gasteiger partial charge < -0.3 is 4.90 Å². The topological polar surface area (TPSA) is 16.1 Å². The van der Waals surface area contributed by atoms with Crippen LogP contribution in [0.4, 0.5) is 5.69 Å². The molecular formula is C22H20N2S2. The molecule has 1 atom stereocenters. The molecule has 0 radical (unpaired) electrons. The van der Waals surface area contributed by atoms with E-state index in [0.29, 0.717) is 0 Å². The van der Waals surface area contributed by atoms with Gasteiger partial charge in [-0.3, -0.25) is 4.98 Å². The summed E-state index contributed by atoms with van der Waals surface area (Å²) in [6.45, 7) is 0. The Kier molecular flexibility index (Phi) is 5.32. The number of hydrogen-bond acceptors (Lipinski definition) is 4. The molecule has 1 unspecified atom stereocenters. The Morgan fingerprint density at radius 2 is 1.96 bits per heavy atom. The minimum atomic E-state index is 0.282. The summed E-state index contributed by atoms with van der Waals surface area (Å²) in [6, 6.07) is 19.2. The lowest BCUT2D eigenvalue weighted by atomic mass is 10.1. The van der Waals surface area contributed by atoms with Gasteiger partial charge in [-0.25, -0.2) is 0 Å². The van der Waals surface area contributed by atoms with Gasteiger partial charge in [-0.2, -0.15) is 0 Å². The van der Waals surface area contributed by atoms with Gasteiger partial charge in [0.2, 0.25) is 0 Å². The Morgan fingerprint density at radius 1 is 1.04 bits per heavy atom. The number of thioether (sulfide) groups is 2. The predicted molar refractivity (Wildman–Crippen MR) is 116 cm³/mol. The maximum Gasteiger partial charge on any atom is 0.0984 e. The molecule has 1 aliphatic rings. The standard InChI is InChI=1S/C22H20N2S2/c1-25-19-8-6-7-18(15-19)24-14-5-4-11-22(24)26-16-17-12-13-23-21-10-3-2-9-20(17)21/h2-15,22H,16H2,1H3. The molecule has 2 aromatic carbocycles. The summed E-state index contributed by atoms with van der Waals surface area (Å²) in [5.41, 5.74) is 3.63. The zero-order chi connectivity index (χ0) is 17.8. The van der Waals surface area contributed by atoms with E-state index < -0.39 is 0 Å². The van der Waals surface area contributed by atoms with Gasteiger partial charge in [0.25, 0.3) is 0 Å². The van der Waals surface area contributed by atoms with E-state index in [9.17, 15) is 0 Å². The second-order valence-corrected chi connectivity index (χ2v) is 8.01. The summed E-state index contributed by atoms with van der Waals surface area (Å²) in [5, 5.41) is 1.53. The van der Waals surface area contributed by atoms with Gasteiger partial charge in [0.15, 0.2) is 0 Å². The normalized spacial score (nSPS) is 16.3. The SMILES string of the molecule is CSc1cccc(N2C=CC=CC2SCc2ccnc3ccccc23)c1. The third kappa shape index (κ3) is 3.67. The molecule has 1 aromatic heterocycles. The molecule has 2 nitrogen and oxygen atoms in total. The van der Waals surface area contributed by atoms with Crippen molar-refractivity contribution in [2.75, 3.05) is 11.2 Å². The molecular weight excluding hydrogens is 356 g/mol. The van der Waals surface area contributed by atoms with Crippen LogP contribution in [0.15, 0.2) is 90.1 Å². The fourth-order valence-corrected chi connectivity index (χ4v) is 4.68. The molecule has 0 saturated heterocycles. The number of allylic oxidation sites excluding steroid dienone is 2. The zero-order valence-corrected chi connectivity index (χ0v) is 16.2. The molecule has 1 aliphatic heterocycles. The molecule has 0 N–H and O–H groups in total. The first-order chi connectivity index (χ1) is 12.8. The van der Waals surface area contributed by atoms with Gasteiger partial charge in [-0.1, -0.05) is 36.4 Å². The number of para-hydroxylation sites is 1. The van der Waals surface area contributed by atoms with Crippen LogP contribution < -0.4 is 4.90 Å². The third-order valence-corrected chi connectivity index (χ3v) is 6.34. The van der Waals surface area contributed by atoms with Crippen molar-refractivity contribution in [3.8, 4) is 0 Å². The molecule has 0 fully saturated rings.